The number of H-pyrrole nitrogens is 1. The van der Waals surface area contributed by atoms with E-state index in [1.165, 1.54) is 38.9 Å². The van der Waals surface area contributed by atoms with Gasteiger partial charge in [0.15, 0.2) is 0 Å². The van der Waals surface area contributed by atoms with Crippen LogP contribution in [0.3, 0.4) is 0 Å². The summed E-state index contributed by atoms with van der Waals surface area (Å²) < 4.78 is 0. The van der Waals surface area contributed by atoms with Crippen LogP contribution in [0.15, 0.2) is 66.7 Å². The molecule has 29 heavy (non-hydrogen) atoms. The minimum atomic E-state index is 0.111. The van der Waals surface area contributed by atoms with E-state index in [1.54, 1.807) is 0 Å². The highest BCUT2D eigenvalue weighted by Gasteiger charge is 2.25. The second-order valence-corrected chi connectivity index (χ2v) is 8.05. The van der Waals surface area contributed by atoms with Gasteiger partial charge < -0.3 is 9.88 Å². The number of fused-ring (bicyclic) bond motifs is 3. The third kappa shape index (κ3) is 3.23. The van der Waals surface area contributed by atoms with E-state index < -0.39 is 0 Å². The van der Waals surface area contributed by atoms with Gasteiger partial charge in [0.2, 0.25) is 0 Å². The highest BCUT2D eigenvalue weighted by molar-refractivity contribution is 5.95. The highest BCUT2D eigenvalue weighted by Crippen LogP contribution is 2.32. The van der Waals surface area contributed by atoms with Crippen molar-refractivity contribution in [3.05, 3.63) is 94.7 Å². The molecule has 0 aliphatic carbocycles. The molecule has 1 amide bonds. The second-order valence-electron chi connectivity index (χ2n) is 8.05. The van der Waals surface area contributed by atoms with Crippen molar-refractivity contribution in [1.29, 1.82) is 0 Å². The molecule has 3 aromatic carbocycles. The monoisotopic (exact) mass is 380 g/mol. The molecule has 1 aromatic heterocycles. The van der Waals surface area contributed by atoms with Crippen LogP contribution in [-0.2, 0) is 13.0 Å². The number of nitrogens with zero attached hydrogens (tertiary/aromatic N) is 1. The van der Waals surface area contributed by atoms with Gasteiger partial charge in [-0.05, 0) is 49.2 Å². The lowest BCUT2D eigenvalue weighted by Gasteiger charge is -2.27. The molecule has 0 fully saturated rings. The number of aromatic nitrogens is 1. The van der Waals surface area contributed by atoms with Crippen LogP contribution in [0.25, 0.3) is 22.0 Å². The number of nitrogens with one attached hydrogen (secondary N) is 1. The van der Waals surface area contributed by atoms with Gasteiger partial charge in [-0.2, -0.15) is 0 Å². The summed E-state index contributed by atoms with van der Waals surface area (Å²) in [6.45, 7) is 5.55. The highest BCUT2D eigenvalue weighted by atomic mass is 16.2. The molecule has 144 valence electrons. The molecule has 1 aliphatic heterocycles. The van der Waals surface area contributed by atoms with E-state index in [0.717, 1.165) is 24.0 Å². The van der Waals surface area contributed by atoms with Crippen LogP contribution in [0.1, 0.15) is 32.7 Å². The van der Waals surface area contributed by atoms with Crippen molar-refractivity contribution in [3.63, 3.8) is 0 Å². The normalized spacial score (nSPS) is 13.5. The van der Waals surface area contributed by atoms with Crippen LogP contribution in [0.2, 0.25) is 0 Å². The Morgan fingerprint density at radius 1 is 0.862 bits per heavy atom. The molecular weight excluding hydrogens is 356 g/mol. The van der Waals surface area contributed by atoms with Gasteiger partial charge in [0.05, 0.1) is 0 Å². The number of aromatic amines is 1. The third-order valence-corrected chi connectivity index (χ3v) is 5.95. The van der Waals surface area contributed by atoms with Gasteiger partial charge in [0.1, 0.15) is 0 Å². The van der Waals surface area contributed by atoms with Gasteiger partial charge in [-0.1, -0.05) is 53.6 Å². The number of rotatable bonds is 2. The third-order valence-electron chi connectivity index (χ3n) is 5.95. The summed E-state index contributed by atoms with van der Waals surface area (Å²) in [6, 6.07) is 23.1. The zero-order valence-corrected chi connectivity index (χ0v) is 16.8. The zero-order chi connectivity index (χ0) is 20.0. The van der Waals surface area contributed by atoms with E-state index in [0.29, 0.717) is 6.54 Å². The minimum absolute atomic E-state index is 0.111. The van der Waals surface area contributed by atoms with Crippen molar-refractivity contribution >= 4 is 16.8 Å². The van der Waals surface area contributed by atoms with Gasteiger partial charge in [0.25, 0.3) is 5.91 Å². The first kappa shape index (κ1) is 17.7. The molecule has 5 rings (SSSR count). The number of hydrogen-bond acceptors (Lipinski definition) is 1. The fourth-order valence-electron chi connectivity index (χ4n) is 4.19. The van der Waals surface area contributed by atoms with E-state index in [2.05, 4.69) is 54.4 Å². The van der Waals surface area contributed by atoms with Crippen molar-refractivity contribution < 1.29 is 4.79 Å². The lowest BCUT2D eigenvalue weighted by Crippen LogP contribution is -2.35. The van der Waals surface area contributed by atoms with Crippen LogP contribution in [-0.4, -0.2) is 22.3 Å². The topological polar surface area (TPSA) is 36.1 Å². The number of carbonyl (C=O) groups is 1. The van der Waals surface area contributed by atoms with Gasteiger partial charge in [-0.15, -0.1) is 0 Å². The first-order valence-electron chi connectivity index (χ1n) is 10.1. The number of carbonyl (C=O) groups excluding carboxylic acids is 1. The molecule has 2 heterocycles. The molecule has 0 bridgehead atoms. The molecule has 0 atom stereocenters. The Balaban J connectivity index is 1.49. The minimum Gasteiger partial charge on any atom is -0.358 e. The molecule has 0 saturated carbocycles. The second kappa shape index (κ2) is 6.93. The molecule has 4 aromatic rings. The van der Waals surface area contributed by atoms with Gasteiger partial charge in [-0.3, -0.25) is 4.79 Å². The van der Waals surface area contributed by atoms with Crippen molar-refractivity contribution in [2.24, 2.45) is 0 Å². The average molecular weight is 380 g/mol. The first-order valence-corrected chi connectivity index (χ1v) is 10.1. The molecule has 0 radical (unpaired) electrons. The van der Waals surface area contributed by atoms with E-state index in [-0.39, 0.29) is 5.91 Å². The fraction of sp³-hybridized carbons (Fsp3) is 0.192. The van der Waals surface area contributed by atoms with E-state index >= 15 is 0 Å². The number of hydrogen-bond donors (Lipinski definition) is 1. The molecular formula is C26H24N2O. The molecule has 1 N–H and O–H groups in total. The summed E-state index contributed by atoms with van der Waals surface area (Å²) >= 11 is 0. The molecule has 3 nitrogen and oxygen atoms in total. The Labute approximate surface area is 171 Å². The summed E-state index contributed by atoms with van der Waals surface area (Å²) in [7, 11) is 0. The molecule has 3 heteroatoms. The predicted molar refractivity (Wildman–Crippen MR) is 118 cm³/mol. The van der Waals surface area contributed by atoms with Crippen LogP contribution < -0.4 is 0 Å². The van der Waals surface area contributed by atoms with Gasteiger partial charge in [-0.25, -0.2) is 0 Å². The quantitative estimate of drug-likeness (QED) is 0.479. The average Bonchev–Trinajstić information content (AvgIpc) is 3.11. The fourth-order valence-corrected chi connectivity index (χ4v) is 4.19. The number of aryl methyl sites for hydroxylation is 2. The van der Waals surface area contributed by atoms with Crippen LogP contribution in [0.5, 0.6) is 0 Å². The van der Waals surface area contributed by atoms with Crippen LogP contribution in [0, 0.1) is 13.8 Å². The first-order chi connectivity index (χ1) is 14.1. The Kier molecular flexibility index (Phi) is 4.24. The SMILES string of the molecule is Cc1ccc(C(=O)N2CCc3[nH]c4ccc(-c5ccc(C)cc5)cc4c3C2)cc1. The summed E-state index contributed by atoms with van der Waals surface area (Å²) in [5.41, 5.74) is 9.28. The Bertz CT molecular complexity index is 1200. The van der Waals surface area contributed by atoms with Gasteiger partial charge >= 0.3 is 0 Å². The maximum Gasteiger partial charge on any atom is 0.254 e. The van der Waals surface area contributed by atoms with Crippen molar-refractivity contribution in [1.82, 2.24) is 9.88 Å². The number of amides is 1. The molecule has 0 spiro atoms. The zero-order valence-electron chi connectivity index (χ0n) is 16.8. The van der Waals surface area contributed by atoms with Crippen LogP contribution >= 0.6 is 0 Å². The van der Waals surface area contributed by atoms with Gasteiger partial charge in [0, 0.05) is 47.2 Å². The van der Waals surface area contributed by atoms with Crippen molar-refractivity contribution in [3.8, 4) is 11.1 Å². The van der Waals surface area contributed by atoms with Crippen molar-refractivity contribution in [2.45, 2.75) is 26.8 Å². The summed E-state index contributed by atoms with van der Waals surface area (Å²) in [6.07, 6.45) is 0.863. The Hall–Kier alpha value is -3.33. The molecule has 0 saturated heterocycles. The molecule has 1 aliphatic rings. The maximum atomic E-state index is 13.0. The van der Waals surface area contributed by atoms with E-state index in [9.17, 15) is 4.79 Å². The largest absolute Gasteiger partial charge is 0.358 e. The Morgan fingerprint density at radius 3 is 2.24 bits per heavy atom. The number of benzene rings is 3. The Morgan fingerprint density at radius 2 is 1.52 bits per heavy atom. The van der Waals surface area contributed by atoms with E-state index in [4.69, 9.17) is 0 Å². The van der Waals surface area contributed by atoms with Crippen molar-refractivity contribution in [2.75, 3.05) is 6.54 Å². The smallest absolute Gasteiger partial charge is 0.254 e. The van der Waals surface area contributed by atoms with E-state index in [1.807, 2.05) is 36.1 Å². The molecule has 0 unspecified atom stereocenters. The summed E-state index contributed by atoms with van der Waals surface area (Å²) in [4.78, 5) is 18.6. The standard InChI is InChI=1S/C26H24N2O/c1-17-3-7-19(8-4-17)21-11-12-24-22(15-21)23-16-28(14-13-25(23)27-24)26(29)20-9-5-18(2)6-10-20/h3-12,15,27H,13-14,16H2,1-2H3. The lowest BCUT2D eigenvalue weighted by molar-refractivity contribution is 0.0735. The summed E-state index contributed by atoms with van der Waals surface area (Å²) in [5.74, 6) is 0.111. The lowest BCUT2D eigenvalue weighted by atomic mass is 9.99. The van der Waals surface area contributed by atoms with Crippen LogP contribution in [0.4, 0.5) is 0 Å². The summed E-state index contributed by atoms with van der Waals surface area (Å²) in [5, 5.41) is 1.22. The predicted octanol–water partition coefficient (Wildman–Crippen LogP) is 5.65. The maximum absolute atomic E-state index is 13.0.